The van der Waals surface area contributed by atoms with E-state index in [1.807, 2.05) is 27.7 Å². The highest BCUT2D eigenvalue weighted by Gasteiger charge is 2.47. The Morgan fingerprint density at radius 3 is 2.52 bits per heavy atom. The lowest BCUT2D eigenvalue weighted by atomic mass is 9.91. The van der Waals surface area contributed by atoms with E-state index in [9.17, 15) is 9.59 Å². The first kappa shape index (κ1) is 15.9. The molecule has 5 nitrogen and oxygen atoms in total. The van der Waals surface area contributed by atoms with Crippen LogP contribution in [0.25, 0.3) is 0 Å². The van der Waals surface area contributed by atoms with Crippen LogP contribution in [0.2, 0.25) is 0 Å². The number of thiazole rings is 1. The number of nitrogens with one attached hydrogen (secondary N) is 1. The van der Waals surface area contributed by atoms with Crippen LogP contribution in [-0.4, -0.2) is 33.3 Å². The molecule has 1 aliphatic heterocycles. The van der Waals surface area contributed by atoms with Crippen LogP contribution in [0.15, 0.2) is 0 Å². The third-order valence-electron chi connectivity index (χ3n) is 4.35. The van der Waals surface area contributed by atoms with Crippen LogP contribution in [0.3, 0.4) is 0 Å². The number of rotatable bonds is 3. The number of nitrogens with zero attached hydrogens (tertiary/aromatic N) is 2. The summed E-state index contributed by atoms with van der Waals surface area (Å²) in [5.41, 5.74) is 0.125. The zero-order chi connectivity index (χ0) is 15.9. The van der Waals surface area contributed by atoms with Gasteiger partial charge in [0.2, 0.25) is 11.8 Å². The molecule has 21 heavy (non-hydrogen) atoms. The second kappa shape index (κ2) is 5.40. The van der Waals surface area contributed by atoms with Crippen LogP contribution in [-0.2, 0) is 9.59 Å². The number of amides is 2. The molecule has 6 heteroatoms. The minimum Gasteiger partial charge on any atom is -0.340 e. The van der Waals surface area contributed by atoms with E-state index in [4.69, 9.17) is 0 Å². The van der Waals surface area contributed by atoms with Gasteiger partial charge in [-0.2, -0.15) is 0 Å². The standard InChI is InChI=1S/C15H23N3O2S/c1-7-15(6)14(20)18(10(4)13(19)17-15)9(3)12-8(2)16-11(5)21-12/h9-10H,7H2,1-6H3,(H,17,19). The van der Waals surface area contributed by atoms with Crippen LogP contribution < -0.4 is 5.32 Å². The van der Waals surface area contributed by atoms with Crippen molar-refractivity contribution in [2.45, 2.75) is 65.6 Å². The Bertz CT molecular complexity index is 583. The van der Waals surface area contributed by atoms with Gasteiger partial charge in [-0.05, 0) is 41.0 Å². The van der Waals surface area contributed by atoms with Crippen LogP contribution in [0.4, 0.5) is 0 Å². The predicted octanol–water partition coefficient (Wildman–Crippen LogP) is 2.34. The van der Waals surface area contributed by atoms with E-state index in [-0.39, 0.29) is 17.9 Å². The lowest BCUT2D eigenvalue weighted by Gasteiger charge is -2.45. The van der Waals surface area contributed by atoms with Crippen molar-refractivity contribution < 1.29 is 9.59 Å². The first-order chi connectivity index (χ1) is 9.71. The van der Waals surface area contributed by atoms with Crippen molar-refractivity contribution in [2.24, 2.45) is 0 Å². The normalized spacial score (nSPS) is 27.7. The molecule has 1 fully saturated rings. The van der Waals surface area contributed by atoms with E-state index in [0.717, 1.165) is 15.6 Å². The summed E-state index contributed by atoms with van der Waals surface area (Å²) in [5, 5.41) is 3.84. The highest BCUT2D eigenvalue weighted by Crippen LogP contribution is 2.34. The molecule has 2 amide bonds. The van der Waals surface area contributed by atoms with Gasteiger partial charge in [0.15, 0.2) is 0 Å². The molecule has 1 N–H and O–H groups in total. The van der Waals surface area contributed by atoms with E-state index in [2.05, 4.69) is 10.3 Å². The summed E-state index contributed by atoms with van der Waals surface area (Å²) in [5.74, 6) is -0.111. The van der Waals surface area contributed by atoms with Crippen molar-refractivity contribution in [1.29, 1.82) is 0 Å². The molecule has 3 unspecified atom stereocenters. The molecule has 3 atom stereocenters. The molecule has 0 spiro atoms. The second-order valence-corrected chi connectivity index (χ2v) is 7.16. The van der Waals surface area contributed by atoms with Gasteiger partial charge in [0.25, 0.3) is 0 Å². The lowest BCUT2D eigenvalue weighted by molar-refractivity contribution is -0.156. The third-order valence-corrected chi connectivity index (χ3v) is 5.59. The van der Waals surface area contributed by atoms with Crippen molar-refractivity contribution in [3.63, 3.8) is 0 Å². The lowest BCUT2D eigenvalue weighted by Crippen LogP contribution is -2.68. The number of carbonyl (C=O) groups excluding carboxylic acids is 2. The average Bonchev–Trinajstić information content (AvgIpc) is 2.75. The summed E-state index contributed by atoms with van der Waals surface area (Å²) < 4.78 is 0. The smallest absolute Gasteiger partial charge is 0.249 e. The fourth-order valence-corrected chi connectivity index (χ4v) is 3.81. The van der Waals surface area contributed by atoms with Crippen molar-refractivity contribution in [3.05, 3.63) is 15.6 Å². The maximum absolute atomic E-state index is 12.9. The third kappa shape index (κ3) is 2.57. The Hall–Kier alpha value is -1.43. The number of aromatic nitrogens is 1. The summed E-state index contributed by atoms with van der Waals surface area (Å²) >= 11 is 1.59. The van der Waals surface area contributed by atoms with Crippen molar-refractivity contribution in [3.8, 4) is 0 Å². The summed E-state index contributed by atoms with van der Waals surface area (Å²) in [6.45, 7) is 11.4. The van der Waals surface area contributed by atoms with Crippen LogP contribution in [0, 0.1) is 13.8 Å². The van der Waals surface area contributed by atoms with E-state index in [1.54, 1.807) is 30.1 Å². The van der Waals surface area contributed by atoms with Gasteiger partial charge < -0.3 is 10.2 Å². The number of hydrogen-bond acceptors (Lipinski definition) is 4. The van der Waals surface area contributed by atoms with E-state index >= 15 is 0 Å². The van der Waals surface area contributed by atoms with Gasteiger partial charge in [-0.25, -0.2) is 4.98 Å². The van der Waals surface area contributed by atoms with Crippen LogP contribution >= 0.6 is 11.3 Å². The first-order valence-electron chi connectivity index (χ1n) is 7.30. The summed E-state index contributed by atoms with van der Waals surface area (Å²) in [7, 11) is 0. The molecule has 0 radical (unpaired) electrons. The molecular formula is C15H23N3O2S. The van der Waals surface area contributed by atoms with Gasteiger partial charge in [-0.15, -0.1) is 11.3 Å². The topological polar surface area (TPSA) is 62.3 Å². The van der Waals surface area contributed by atoms with Crippen molar-refractivity contribution in [2.75, 3.05) is 0 Å². The Balaban J connectivity index is 2.41. The molecular weight excluding hydrogens is 286 g/mol. The zero-order valence-electron chi connectivity index (χ0n) is 13.5. The Kier molecular flexibility index (Phi) is 4.10. The van der Waals surface area contributed by atoms with Crippen LogP contribution in [0.5, 0.6) is 0 Å². The molecule has 1 aromatic heterocycles. The quantitative estimate of drug-likeness (QED) is 0.932. The summed E-state index contributed by atoms with van der Waals surface area (Å²) in [6.07, 6.45) is 0.578. The zero-order valence-corrected chi connectivity index (χ0v) is 14.3. The minimum atomic E-state index is -0.814. The predicted molar refractivity (Wildman–Crippen MR) is 83.1 cm³/mol. The Morgan fingerprint density at radius 2 is 2.05 bits per heavy atom. The molecule has 116 valence electrons. The van der Waals surface area contributed by atoms with Gasteiger partial charge >= 0.3 is 0 Å². The average molecular weight is 309 g/mol. The van der Waals surface area contributed by atoms with E-state index < -0.39 is 11.6 Å². The number of aryl methyl sites for hydroxylation is 2. The first-order valence-corrected chi connectivity index (χ1v) is 8.11. The van der Waals surface area contributed by atoms with E-state index in [0.29, 0.717) is 6.42 Å². The minimum absolute atomic E-state index is 0.0185. The fraction of sp³-hybridized carbons (Fsp3) is 0.667. The molecule has 1 aromatic rings. The molecule has 0 bridgehead atoms. The molecule has 2 heterocycles. The second-order valence-electron chi connectivity index (χ2n) is 5.92. The maximum Gasteiger partial charge on any atom is 0.249 e. The number of piperazine rings is 1. The maximum atomic E-state index is 12.9. The number of hydrogen-bond donors (Lipinski definition) is 1. The van der Waals surface area contributed by atoms with Crippen molar-refractivity contribution >= 4 is 23.2 Å². The highest BCUT2D eigenvalue weighted by atomic mass is 32.1. The molecule has 2 rings (SSSR count). The SMILES string of the molecule is CCC1(C)NC(=O)C(C)N(C(C)c2sc(C)nc2C)C1=O. The highest BCUT2D eigenvalue weighted by molar-refractivity contribution is 7.11. The van der Waals surface area contributed by atoms with E-state index in [1.165, 1.54) is 0 Å². The van der Waals surface area contributed by atoms with Gasteiger partial charge in [-0.3, -0.25) is 9.59 Å². The largest absolute Gasteiger partial charge is 0.340 e. The molecule has 1 aliphatic rings. The molecule has 0 saturated carbocycles. The number of carbonyl (C=O) groups is 2. The van der Waals surface area contributed by atoms with Gasteiger partial charge in [-0.1, -0.05) is 6.92 Å². The van der Waals surface area contributed by atoms with Crippen molar-refractivity contribution in [1.82, 2.24) is 15.2 Å². The summed E-state index contributed by atoms with van der Waals surface area (Å²) in [6, 6.07) is -0.607. The molecule has 0 aliphatic carbocycles. The Morgan fingerprint density at radius 1 is 1.43 bits per heavy atom. The summed E-state index contributed by atoms with van der Waals surface area (Å²) in [4.78, 5) is 32.3. The Labute approximate surface area is 129 Å². The monoisotopic (exact) mass is 309 g/mol. The van der Waals surface area contributed by atoms with Gasteiger partial charge in [0.05, 0.1) is 16.7 Å². The molecule has 1 saturated heterocycles. The molecule has 0 aromatic carbocycles. The fourth-order valence-electron chi connectivity index (χ4n) is 2.83. The van der Waals surface area contributed by atoms with Gasteiger partial charge in [0, 0.05) is 4.88 Å². The van der Waals surface area contributed by atoms with Crippen LogP contribution in [0.1, 0.15) is 55.7 Å². The van der Waals surface area contributed by atoms with Gasteiger partial charge in [0.1, 0.15) is 11.6 Å².